The second-order valence-electron chi connectivity index (χ2n) is 7.18. The number of benzene rings is 2. The molecule has 7 nitrogen and oxygen atoms in total. The average Bonchev–Trinajstić information content (AvgIpc) is 2.98. The number of nitrogens with zero attached hydrogens (tertiary/aromatic N) is 1. The molecule has 0 saturated carbocycles. The summed E-state index contributed by atoms with van der Waals surface area (Å²) in [5.41, 5.74) is 0.993. The van der Waals surface area contributed by atoms with Crippen LogP contribution in [0.15, 0.2) is 53.0 Å². The highest BCUT2D eigenvalue weighted by atomic mass is 79.9. The van der Waals surface area contributed by atoms with E-state index in [4.69, 9.17) is 0 Å². The van der Waals surface area contributed by atoms with Gasteiger partial charge in [-0.1, -0.05) is 28.1 Å². The monoisotopic (exact) mass is 514 g/mol. The number of likely N-dealkylation sites (tertiary alicyclic amines) is 1. The van der Waals surface area contributed by atoms with Crippen molar-refractivity contribution in [1.29, 1.82) is 0 Å². The fourth-order valence-corrected chi connectivity index (χ4v) is 3.83. The molecule has 11 heteroatoms. The zero-order valence-corrected chi connectivity index (χ0v) is 18.0. The van der Waals surface area contributed by atoms with Gasteiger partial charge in [-0.3, -0.25) is 14.4 Å². The van der Waals surface area contributed by atoms with E-state index in [1.54, 1.807) is 24.3 Å². The Balaban J connectivity index is 1.66. The Morgan fingerprint density at radius 2 is 1.75 bits per heavy atom. The van der Waals surface area contributed by atoms with Crippen molar-refractivity contribution < 1.29 is 37.4 Å². The number of nitrogens with one attached hydrogen (secondary N) is 1. The number of aliphatic carboxylic acids is 1. The summed E-state index contributed by atoms with van der Waals surface area (Å²) in [4.78, 5) is 37.7. The highest BCUT2D eigenvalue weighted by Gasteiger charge is 2.41. The van der Waals surface area contributed by atoms with Crippen molar-refractivity contribution in [1.82, 2.24) is 4.90 Å². The minimum absolute atomic E-state index is 0.192. The second-order valence-corrected chi connectivity index (χ2v) is 8.10. The SMILES string of the molecule is O=C(O)CN1C(=O)[C@@H](CC(=O)Nc2ccc(OC(F)(F)F)cc2)C[C@@H]1c1ccc(Br)cc1. The Morgan fingerprint density at radius 1 is 1.12 bits per heavy atom. The molecule has 0 bridgehead atoms. The van der Waals surface area contributed by atoms with E-state index in [-0.39, 0.29) is 18.5 Å². The number of amides is 2. The zero-order valence-electron chi connectivity index (χ0n) is 16.4. The third-order valence-corrected chi connectivity index (χ3v) is 5.41. The van der Waals surface area contributed by atoms with E-state index < -0.39 is 48.4 Å². The van der Waals surface area contributed by atoms with Gasteiger partial charge in [0.15, 0.2) is 0 Å². The van der Waals surface area contributed by atoms with Crippen LogP contribution in [0.1, 0.15) is 24.4 Å². The van der Waals surface area contributed by atoms with Gasteiger partial charge < -0.3 is 20.1 Å². The standard InChI is InChI=1S/C21H18BrF3N2O5/c22-14-3-1-12(2-4-14)17-9-13(20(31)27(17)11-19(29)30)10-18(28)26-15-5-7-16(8-6-15)32-21(23,24)25/h1-8,13,17H,9-11H2,(H,26,28)(H,29,30)/t13-,17-/m1/s1. The van der Waals surface area contributed by atoms with E-state index in [0.29, 0.717) is 0 Å². The number of hydrogen-bond acceptors (Lipinski definition) is 4. The summed E-state index contributed by atoms with van der Waals surface area (Å²) in [6, 6.07) is 11.3. The van der Waals surface area contributed by atoms with Gasteiger partial charge in [-0.25, -0.2) is 0 Å². The van der Waals surface area contributed by atoms with E-state index in [0.717, 1.165) is 22.2 Å². The molecule has 2 atom stereocenters. The molecule has 2 N–H and O–H groups in total. The summed E-state index contributed by atoms with van der Waals surface area (Å²) >= 11 is 3.32. The maximum absolute atomic E-state index is 12.8. The predicted octanol–water partition coefficient (Wildman–Crippen LogP) is 4.35. The number of halogens is 4. The molecule has 0 spiro atoms. The Bertz CT molecular complexity index is 996. The van der Waals surface area contributed by atoms with Gasteiger partial charge in [0.25, 0.3) is 0 Å². The topological polar surface area (TPSA) is 95.9 Å². The van der Waals surface area contributed by atoms with Gasteiger partial charge in [0.1, 0.15) is 12.3 Å². The predicted molar refractivity (Wildman–Crippen MR) is 111 cm³/mol. The maximum Gasteiger partial charge on any atom is 0.573 e. The first kappa shape index (κ1) is 23.6. The summed E-state index contributed by atoms with van der Waals surface area (Å²) in [7, 11) is 0. The molecule has 32 heavy (non-hydrogen) atoms. The summed E-state index contributed by atoms with van der Waals surface area (Å²) in [6.45, 7) is -0.488. The van der Waals surface area contributed by atoms with Gasteiger partial charge in [0.05, 0.1) is 6.04 Å². The van der Waals surface area contributed by atoms with Crippen LogP contribution < -0.4 is 10.1 Å². The van der Waals surface area contributed by atoms with Crippen LogP contribution in [-0.2, 0) is 14.4 Å². The first-order valence-electron chi connectivity index (χ1n) is 9.45. The average molecular weight is 515 g/mol. The molecular formula is C21H18BrF3N2O5. The Labute approximate surface area is 189 Å². The number of hydrogen-bond donors (Lipinski definition) is 2. The summed E-state index contributed by atoms with van der Waals surface area (Å²) < 4.78 is 41.3. The second kappa shape index (κ2) is 9.60. The van der Waals surface area contributed by atoms with Gasteiger partial charge in [0.2, 0.25) is 11.8 Å². The van der Waals surface area contributed by atoms with Crippen molar-refractivity contribution in [2.75, 3.05) is 11.9 Å². The van der Waals surface area contributed by atoms with E-state index in [1.165, 1.54) is 17.0 Å². The number of carbonyl (C=O) groups is 3. The summed E-state index contributed by atoms with van der Waals surface area (Å²) in [5.74, 6) is -3.27. The lowest BCUT2D eigenvalue weighted by Gasteiger charge is -2.23. The molecule has 2 amide bonds. The molecule has 0 aromatic heterocycles. The summed E-state index contributed by atoms with van der Waals surface area (Å²) in [6.07, 6.45) is -4.75. The highest BCUT2D eigenvalue weighted by molar-refractivity contribution is 9.10. The maximum atomic E-state index is 12.8. The van der Waals surface area contributed by atoms with Crippen LogP contribution in [0.2, 0.25) is 0 Å². The largest absolute Gasteiger partial charge is 0.573 e. The van der Waals surface area contributed by atoms with Crippen molar-refractivity contribution in [3.05, 3.63) is 58.6 Å². The van der Waals surface area contributed by atoms with Crippen LogP contribution in [-0.4, -0.2) is 40.7 Å². The molecule has 0 radical (unpaired) electrons. The van der Waals surface area contributed by atoms with Crippen LogP contribution in [0, 0.1) is 5.92 Å². The van der Waals surface area contributed by atoms with Gasteiger partial charge in [0, 0.05) is 22.5 Å². The van der Waals surface area contributed by atoms with Gasteiger partial charge >= 0.3 is 12.3 Å². The normalized spacial score (nSPS) is 18.5. The Kier molecular flexibility index (Phi) is 7.07. The highest BCUT2D eigenvalue weighted by Crippen LogP contribution is 2.38. The molecule has 1 saturated heterocycles. The van der Waals surface area contributed by atoms with E-state index in [9.17, 15) is 32.7 Å². The van der Waals surface area contributed by atoms with Crippen molar-refractivity contribution in [2.45, 2.75) is 25.2 Å². The number of alkyl halides is 3. The molecule has 0 unspecified atom stereocenters. The molecule has 0 aliphatic carbocycles. The smallest absolute Gasteiger partial charge is 0.480 e. The number of anilines is 1. The molecule has 170 valence electrons. The third kappa shape index (κ3) is 6.22. The fourth-order valence-electron chi connectivity index (χ4n) is 3.57. The first-order valence-corrected chi connectivity index (χ1v) is 10.2. The molecule has 2 aromatic rings. The first-order chi connectivity index (χ1) is 15.0. The summed E-state index contributed by atoms with van der Waals surface area (Å²) in [5, 5.41) is 11.7. The van der Waals surface area contributed by atoms with Gasteiger partial charge in [-0.2, -0.15) is 0 Å². The third-order valence-electron chi connectivity index (χ3n) is 4.88. The van der Waals surface area contributed by atoms with Crippen LogP contribution in [0.5, 0.6) is 5.75 Å². The lowest BCUT2D eigenvalue weighted by molar-refractivity contribution is -0.274. The Morgan fingerprint density at radius 3 is 2.31 bits per heavy atom. The number of carboxylic acids is 1. The number of carbonyl (C=O) groups excluding carboxylic acids is 2. The zero-order chi connectivity index (χ0) is 23.5. The van der Waals surface area contributed by atoms with E-state index in [1.807, 2.05) is 0 Å². The molecule has 1 aliphatic rings. The van der Waals surface area contributed by atoms with E-state index in [2.05, 4.69) is 26.0 Å². The fraction of sp³-hybridized carbons (Fsp3) is 0.286. The van der Waals surface area contributed by atoms with Gasteiger partial charge in [-0.15, -0.1) is 13.2 Å². The number of rotatable bonds is 7. The van der Waals surface area contributed by atoms with Gasteiger partial charge in [-0.05, 0) is 48.4 Å². The van der Waals surface area contributed by atoms with Crippen molar-refractivity contribution in [3.63, 3.8) is 0 Å². The van der Waals surface area contributed by atoms with Crippen LogP contribution >= 0.6 is 15.9 Å². The quantitative estimate of drug-likeness (QED) is 0.572. The van der Waals surface area contributed by atoms with E-state index >= 15 is 0 Å². The van der Waals surface area contributed by atoms with Crippen LogP contribution in [0.25, 0.3) is 0 Å². The number of ether oxygens (including phenoxy) is 1. The lowest BCUT2D eigenvalue weighted by atomic mass is 9.97. The minimum Gasteiger partial charge on any atom is -0.480 e. The molecule has 1 fully saturated rings. The van der Waals surface area contributed by atoms with Crippen LogP contribution in [0.4, 0.5) is 18.9 Å². The van der Waals surface area contributed by atoms with Crippen molar-refractivity contribution in [2.24, 2.45) is 5.92 Å². The Hall–Kier alpha value is -3.08. The van der Waals surface area contributed by atoms with Crippen LogP contribution in [0.3, 0.4) is 0 Å². The van der Waals surface area contributed by atoms with Crippen molar-refractivity contribution >= 4 is 39.4 Å². The molecule has 1 aliphatic heterocycles. The molecular weight excluding hydrogens is 497 g/mol. The molecule has 1 heterocycles. The molecule has 2 aromatic carbocycles. The minimum atomic E-state index is -4.82. The number of carboxylic acid groups (broad SMARTS) is 1. The lowest BCUT2D eigenvalue weighted by Crippen LogP contribution is -2.35. The molecule has 3 rings (SSSR count). The van der Waals surface area contributed by atoms with Crippen molar-refractivity contribution in [3.8, 4) is 5.75 Å².